The molecule has 2 rings (SSSR count). The summed E-state index contributed by atoms with van der Waals surface area (Å²) in [4.78, 5) is 12.5. The van der Waals surface area contributed by atoms with Crippen molar-refractivity contribution < 1.29 is 14.6 Å². The molecule has 0 aromatic heterocycles. The van der Waals surface area contributed by atoms with E-state index in [0.717, 1.165) is 17.1 Å². The number of carboxylic acid groups (broad SMARTS) is 1. The Hall–Kier alpha value is -1.20. The van der Waals surface area contributed by atoms with E-state index in [0.29, 0.717) is 18.1 Å². The highest BCUT2D eigenvalue weighted by molar-refractivity contribution is 8.00. The highest BCUT2D eigenvalue weighted by Gasteiger charge is 2.44. The minimum Gasteiger partial charge on any atom is -0.497 e. The molecular formula is C14H19NO3S. The highest BCUT2D eigenvalue weighted by Crippen LogP contribution is 2.40. The number of rotatable bonds is 5. The fourth-order valence-electron chi connectivity index (χ4n) is 2.50. The first-order chi connectivity index (χ1) is 9.09. The molecule has 1 aromatic rings. The Morgan fingerprint density at radius 3 is 2.95 bits per heavy atom. The third-order valence-electron chi connectivity index (χ3n) is 3.70. The molecule has 0 bridgehead atoms. The van der Waals surface area contributed by atoms with Crippen LogP contribution < -0.4 is 10.1 Å². The second-order valence-electron chi connectivity index (χ2n) is 4.80. The molecule has 4 nitrogen and oxygen atoms in total. The van der Waals surface area contributed by atoms with Gasteiger partial charge in [0.2, 0.25) is 0 Å². The largest absolute Gasteiger partial charge is 0.497 e. The fraction of sp³-hybridized carbons (Fsp3) is 0.500. The Labute approximate surface area is 117 Å². The van der Waals surface area contributed by atoms with Crippen LogP contribution in [0.25, 0.3) is 0 Å². The van der Waals surface area contributed by atoms with E-state index in [1.165, 1.54) is 0 Å². The third-order valence-corrected chi connectivity index (χ3v) is 4.96. The van der Waals surface area contributed by atoms with E-state index in [4.69, 9.17) is 4.74 Å². The van der Waals surface area contributed by atoms with Crippen molar-refractivity contribution in [3.63, 3.8) is 0 Å². The van der Waals surface area contributed by atoms with Crippen LogP contribution in [-0.4, -0.2) is 36.0 Å². The average molecular weight is 281 g/mol. The van der Waals surface area contributed by atoms with Crippen LogP contribution in [0.1, 0.15) is 19.3 Å². The Morgan fingerprint density at radius 1 is 1.58 bits per heavy atom. The van der Waals surface area contributed by atoms with E-state index in [-0.39, 0.29) is 0 Å². The number of carboxylic acids is 1. The van der Waals surface area contributed by atoms with Crippen molar-refractivity contribution in [2.45, 2.75) is 34.9 Å². The first kappa shape index (κ1) is 14.2. The van der Waals surface area contributed by atoms with Crippen molar-refractivity contribution in [2.75, 3.05) is 14.2 Å². The summed E-state index contributed by atoms with van der Waals surface area (Å²) >= 11 is 1.73. The van der Waals surface area contributed by atoms with E-state index in [1.807, 2.05) is 24.3 Å². The lowest BCUT2D eigenvalue weighted by molar-refractivity contribution is -0.144. The summed E-state index contributed by atoms with van der Waals surface area (Å²) in [5.74, 6) is 0.0878. The number of ether oxygens (including phenoxy) is 1. The van der Waals surface area contributed by atoms with Crippen LogP contribution >= 0.6 is 11.8 Å². The topological polar surface area (TPSA) is 58.6 Å². The van der Waals surface area contributed by atoms with Gasteiger partial charge < -0.3 is 15.2 Å². The molecule has 1 fully saturated rings. The van der Waals surface area contributed by atoms with Crippen LogP contribution in [0.2, 0.25) is 0 Å². The van der Waals surface area contributed by atoms with Crippen molar-refractivity contribution in [3.8, 4) is 5.75 Å². The lowest BCUT2D eigenvalue weighted by Gasteiger charge is -2.23. The lowest BCUT2D eigenvalue weighted by atomic mass is 9.99. The van der Waals surface area contributed by atoms with Crippen molar-refractivity contribution in [2.24, 2.45) is 0 Å². The monoisotopic (exact) mass is 281 g/mol. The summed E-state index contributed by atoms with van der Waals surface area (Å²) < 4.78 is 5.20. The van der Waals surface area contributed by atoms with Crippen LogP contribution in [0.4, 0.5) is 0 Å². The fourth-order valence-corrected chi connectivity index (χ4v) is 3.83. The van der Waals surface area contributed by atoms with Gasteiger partial charge in [-0.05, 0) is 44.5 Å². The van der Waals surface area contributed by atoms with Gasteiger partial charge in [0.05, 0.1) is 7.11 Å². The number of aliphatic carboxylic acids is 1. The predicted molar refractivity (Wildman–Crippen MR) is 75.9 cm³/mol. The summed E-state index contributed by atoms with van der Waals surface area (Å²) in [7, 11) is 3.38. The number of benzene rings is 1. The molecule has 2 unspecified atom stereocenters. The van der Waals surface area contributed by atoms with Crippen LogP contribution in [0.5, 0.6) is 5.75 Å². The lowest BCUT2D eigenvalue weighted by Crippen LogP contribution is -2.48. The molecule has 104 valence electrons. The molecule has 1 aromatic carbocycles. The van der Waals surface area contributed by atoms with Crippen molar-refractivity contribution in [1.82, 2.24) is 5.32 Å². The molecule has 19 heavy (non-hydrogen) atoms. The second kappa shape index (κ2) is 5.84. The number of hydrogen-bond donors (Lipinski definition) is 2. The van der Waals surface area contributed by atoms with Gasteiger partial charge in [-0.3, -0.25) is 4.79 Å². The smallest absolute Gasteiger partial charge is 0.323 e. The molecule has 0 spiro atoms. The summed E-state index contributed by atoms with van der Waals surface area (Å²) in [6.45, 7) is 0. The van der Waals surface area contributed by atoms with Gasteiger partial charge in [-0.2, -0.15) is 0 Å². The van der Waals surface area contributed by atoms with Gasteiger partial charge in [-0.15, -0.1) is 11.8 Å². The summed E-state index contributed by atoms with van der Waals surface area (Å²) in [5.41, 5.74) is -0.753. The van der Waals surface area contributed by atoms with Crippen LogP contribution in [0.3, 0.4) is 0 Å². The third kappa shape index (κ3) is 3.04. The maximum Gasteiger partial charge on any atom is 0.323 e. The molecule has 0 saturated heterocycles. The molecule has 0 radical (unpaired) electrons. The SMILES string of the molecule is CNC1(C(=O)O)CCC(Sc2cccc(OC)c2)C1. The summed E-state index contributed by atoms with van der Waals surface area (Å²) in [6, 6.07) is 7.89. The standard InChI is InChI=1S/C14H19NO3S/c1-15-14(13(16)17)7-6-12(9-14)19-11-5-3-4-10(8-11)18-2/h3-5,8,12,15H,6-7,9H2,1-2H3,(H,16,17). The zero-order chi connectivity index (χ0) is 13.9. The van der Waals surface area contributed by atoms with Crippen LogP contribution in [-0.2, 0) is 4.79 Å². The van der Waals surface area contributed by atoms with Gasteiger partial charge in [-0.25, -0.2) is 0 Å². The van der Waals surface area contributed by atoms with E-state index in [2.05, 4.69) is 5.32 Å². The van der Waals surface area contributed by atoms with Gasteiger partial charge in [0.15, 0.2) is 0 Å². The van der Waals surface area contributed by atoms with Gasteiger partial charge in [0.25, 0.3) is 0 Å². The molecule has 0 amide bonds. The second-order valence-corrected chi connectivity index (χ2v) is 6.17. The zero-order valence-electron chi connectivity index (χ0n) is 11.2. The molecular weight excluding hydrogens is 262 g/mol. The summed E-state index contributed by atoms with van der Waals surface area (Å²) in [5, 5.41) is 12.6. The zero-order valence-corrected chi connectivity index (χ0v) is 12.0. The minimum atomic E-state index is -0.753. The van der Waals surface area contributed by atoms with Gasteiger partial charge in [0, 0.05) is 10.1 Å². The number of nitrogens with one attached hydrogen (secondary N) is 1. The first-order valence-corrected chi connectivity index (χ1v) is 7.20. The van der Waals surface area contributed by atoms with Gasteiger partial charge in [0.1, 0.15) is 11.3 Å². The number of likely N-dealkylation sites (N-methyl/N-ethyl adjacent to an activating group) is 1. The minimum absolute atomic E-state index is 0.329. The molecule has 2 atom stereocenters. The van der Waals surface area contributed by atoms with Crippen molar-refractivity contribution in [3.05, 3.63) is 24.3 Å². The average Bonchev–Trinajstić information content (AvgIpc) is 2.83. The number of hydrogen-bond acceptors (Lipinski definition) is 4. The Bertz CT molecular complexity index is 466. The van der Waals surface area contributed by atoms with Crippen molar-refractivity contribution >= 4 is 17.7 Å². The Morgan fingerprint density at radius 2 is 2.37 bits per heavy atom. The molecule has 5 heteroatoms. The van der Waals surface area contributed by atoms with Gasteiger partial charge in [-0.1, -0.05) is 6.07 Å². The van der Waals surface area contributed by atoms with E-state index in [1.54, 1.807) is 25.9 Å². The Kier molecular flexibility index (Phi) is 4.37. The summed E-state index contributed by atoms with van der Waals surface area (Å²) in [6.07, 6.45) is 2.25. The van der Waals surface area contributed by atoms with Crippen molar-refractivity contribution in [1.29, 1.82) is 0 Å². The van der Waals surface area contributed by atoms with E-state index < -0.39 is 11.5 Å². The normalized spacial score (nSPS) is 26.3. The molecule has 2 N–H and O–H groups in total. The van der Waals surface area contributed by atoms with Crippen LogP contribution in [0, 0.1) is 0 Å². The maximum atomic E-state index is 11.4. The molecule has 0 heterocycles. The highest BCUT2D eigenvalue weighted by atomic mass is 32.2. The number of carbonyl (C=O) groups is 1. The molecule has 1 saturated carbocycles. The Balaban J connectivity index is 2.03. The van der Waals surface area contributed by atoms with E-state index >= 15 is 0 Å². The molecule has 1 aliphatic rings. The van der Waals surface area contributed by atoms with E-state index in [9.17, 15) is 9.90 Å². The number of thioether (sulfide) groups is 1. The molecule has 1 aliphatic carbocycles. The van der Waals surface area contributed by atoms with Crippen LogP contribution in [0.15, 0.2) is 29.2 Å². The quantitative estimate of drug-likeness (QED) is 0.868. The number of methoxy groups -OCH3 is 1. The first-order valence-electron chi connectivity index (χ1n) is 6.32. The van der Waals surface area contributed by atoms with Gasteiger partial charge >= 0.3 is 5.97 Å². The predicted octanol–water partition coefficient (Wildman–Crippen LogP) is 2.38. The molecule has 0 aliphatic heterocycles. The maximum absolute atomic E-state index is 11.4.